The van der Waals surface area contributed by atoms with Crippen LogP contribution in [-0.2, 0) is 36.9 Å². The van der Waals surface area contributed by atoms with E-state index in [1.807, 2.05) is 48.5 Å². The Morgan fingerprint density at radius 1 is 0.622 bits per heavy atom. The lowest BCUT2D eigenvalue weighted by Crippen LogP contribution is -2.44. The summed E-state index contributed by atoms with van der Waals surface area (Å²) in [5.74, 6) is -2.58. The van der Waals surface area contributed by atoms with Crippen molar-refractivity contribution in [3.8, 4) is 5.75 Å². The molecule has 0 heterocycles. The van der Waals surface area contributed by atoms with Gasteiger partial charge in [0.25, 0.3) is 5.91 Å². The number of ether oxygens (including phenoxy) is 2. The molecule has 9 nitrogen and oxygen atoms in total. The molecule has 1 unspecified atom stereocenters. The van der Waals surface area contributed by atoms with Crippen molar-refractivity contribution in [2.24, 2.45) is 0 Å². The molecule has 9 heteroatoms. The van der Waals surface area contributed by atoms with Crippen molar-refractivity contribution in [2.75, 3.05) is 13.1 Å². The fourth-order valence-electron chi connectivity index (χ4n) is 4.47. The molecule has 1 atom stereocenters. The van der Waals surface area contributed by atoms with Gasteiger partial charge in [-0.15, -0.1) is 0 Å². The Balaban J connectivity index is 1.42. The average molecular weight is 607 g/mol. The van der Waals surface area contributed by atoms with Gasteiger partial charge >= 0.3 is 11.9 Å². The van der Waals surface area contributed by atoms with Crippen molar-refractivity contribution >= 4 is 29.5 Å². The van der Waals surface area contributed by atoms with Crippen LogP contribution in [0.2, 0.25) is 0 Å². The Hall–Kier alpha value is -5.57. The molecule has 0 saturated carbocycles. The predicted octanol–water partition coefficient (Wildman–Crippen LogP) is 4.55. The summed E-state index contributed by atoms with van der Waals surface area (Å²) in [4.78, 5) is 66.1. The zero-order chi connectivity index (χ0) is 31.9. The molecule has 0 aliphatic rings. The molecule has 45 heavy (non-hydrogen) atoms. The van der Waals surface area contributed by atoms with Gasteiger partial charge in [-0.1, -0.05) is 97.1 Å². The van der Waals surface area contributed by atoms with E-state index in [1.165, 1.54) is 0 Å². The highest BCUT2D eigenvalue weighted by Crippen LogP contribution is 2.12. The number of nitrogens with zero attached hydrogens (tertiary/aromatic N) is 1. The Morgan fingerprint density at radius 2 is 1.16 bits per heavy atom. The zero-order valence-electron chi connectivity index (χ0n) is 24.7. The third-order valence-electron chi connectivity index (χ3n) is 6.81. The Labute approximate surface area is 261 Å². The zero-order valence-corrected chi connectivity index (χ0v) is 24.7. The number of ketones is 1. The second-order valence-corrected chi connectivity index (χ2v) is 10.2. The Bertz CT molecular complexity index is 1560. The topological polar surface area (TPSA) is 119 Å². The average Bonchev–Trinajstić information content (AvgIpc) is 3.07. The summed E-state index contributed by atoms with van der Waals surface area (Å²) >= 11 is 0. The monoisotopic (exact) mass is 606 g/mol. The van der Waals surface area contributed by atoms with Gasteiger partial charge in [-0.25, -0.2) is 4.79 Å². The van der Waals surface area contributed by atoms with Crippen LogP contribution in [0.15, 0.2) is 121 Å². The molecule has 230 valence electrons. The molecule has 4 aromatic rings. The summed E-state index contributed by atoms with van der Waals surface area (Å²) in [5, 5.41) is 2.80. The number of nitrogens with one attached hydrogen (secondary N) is 1. The maximum Gasteiger partial charge on any atom is 0.331 e. The highest BCUT2D eigenvalue weighted by molar-refractivity contribution is 5.98. The van der Waals surface area contributed by atoms with E-state index in [0.717, 1.165) is 16.0 Å². The van der Waals surface area contributed by atoms with Crippen LogP contribution in [0.4, 0.5) is 0 Å². The lowest BCUT2D eigenvalue weighted by molar-refractivity contribution is -0.152. The van der Waals surface area contributed by atoms with E-state index < -0.39 is 42.9 Å². The summed E-state index contributed by atoms with van der Waals surface area (Å²) in [6.45, 7) is -1.04. The van der Waals surface area contributed by atoms with Crippen molar-refractivity contribution in [1.82, 2.24) is 10.2 Å². The summed E-state index contributed by atoms with van der Waals surface area (Å²) in [6, 6.07) is 34.2. The molecular formula is C36H34N2O7. The number of carbonyl (C=O) groups excluding carboxylic acids is 5. The maximum absolute atomic E-state index is 13.4. The molecule has 0 bridgehead atoms. The Morgan fingerprint density at radius 3 is 1.78 bits per heavy atom. The fraction of sp³-hybridized carbons (Fsp3) is 0.194. The number of benzene rings is 4. The third-order valence-corrected chi connectivity index (χ3v) is 6.81. The number of amides is 2. The minimum Gasteiger partial charge on any atom is -0.459 e. The van der Waals surface area contributed by atoms with Crippen LogP contribution in [0.1, 0.15) is 34.3 Å². The van der Waals surface area contributed by atoms with Gasteiger partial charge in [0, 0.05) is 18.4 Å². The van der Waals surface area contributed by atoms with Gasteiger partial charge in [0.15, 0.2) is 5.78 Å². The quantitative estimate of drug-likeness (QED) is 0.156. The molecule has 0 radical (unpaired) electrons. The van der Waals surface area contributed by atoms with Crippen molar-refractivity contribution in [3.05, 3.63) is 138 Å². The number of hydrogen-bond donors (Lipinski definition) is 1. The van der Waals surface area contributed by atoms with Crippen LogP contribution in [0, 0.1) is 0 Å². The summed E-state index contributed by atoms with van der Waals surface area (Å²) < 4.78 is 10.6. The van der Waals surface area contributed by atoms with Crippen molar-refractivity contribution in [1.29, 1.82) is 0 Å². The fourth-order valence-corrected chi connectivity index (χ4v) is 4.47. The van der Waals surface area contributed by atoms with Crippen LogP contribution in [0.5, 0.6) is 5.75 Å². The first-order valence-electron chi connectivity index (χ1n) is 14.5. The van der Waals surface area contributed by atoms with E-state index in [2.05, 4.69) is 5.32 Å². The van der Waals surface area contributed by atoms with Gasteiger partial charge in [-0.3, -0.25) is 19.2 Å². The maximum atomic E-state index is 13.4. The largest absolute Gasteiger partial charge is 0.459 e. The van der Waals surface area contributed by atoms with E-state index in [4.69, 9.17) is 9.47 Å². The van der Waals surface area contributed by atoms with Gasteiger partial charge in [-0.2, -0.15) is 0 Å². The molecule has 0 aliphatic carbocycles. The van der Waals surface area contributed by atoms with Crippen LogP contribution in [0.25, 0.3) is 0 Å². The summed E-state index contributed by atoms with van der Waals surface area (Å²) in [6.07, 6.45) is -0.296. The second kappa shape index (κ2) is 16.9. The van der Waals surface area contributed by atoms with Crippen LogP contribution >= 0.6 is 0 Å². The van der Waals surface area contributed by atoms with Gasteiger partial charge in [0.2, 0.25) is 5.91 Å². The number of rotatable bonds is 15. The smallest absolute Gasteiger partial charge is 0.331 e. The molecule has 2 amide bonds. The predicted molar refractivity (Wildman–Crippen MR) is 167 cm³/mol. The van der Waals surface area contributed by atoms with Crippen molar-refractivity contribution in [2.45, 2.75) is 31.9 Å². The summed E-state index contributed by atoms with van der Waals surface area (Å²) in [5.41, 5.74) is 2.00. The van der Waals surface area contributed by atoms with E-state index in [1.54, 1.807) is 72.8 Å². The van der Waals surface area contributed by atoms with Crippen molar-refractivity contribution < 1.29 is 33.4 Å². The minimum absolute atomic E-state index is 0.00305. The first-order valence-corrected chi connectivity index (χ1v) is 14.5. The molecule has 4 aromatic carbocycles. The molecule has 4 rings (SSSR count). The number of esters is 2. The normalized spacial score (nSPS) is 11.1. The molecule has 0 aliphatic heterocycles. The van der Waals surface area contributed by atoms with E-state index in [0.29, 0.717) is 5.56 Å². The molecule has 0 spiro atoms. The van der Waals surface area contributed by atoms with Gasteiger partial charge in [-0.05, 0) is 41.8 Å². The van der Waals surface area contributed by atoms with Crippen molar-refractivity contribution in [3.63, 3.8) is 0 Å². The molecule has 0 aromatic heterocycles. The van der Waals surface area contributed by atoms with Gasteiger partial charge in [0.1, 0.15) is 25.4 Å². The number of para-hydroxylation sites is 1. The second-order valence-electron chi connectivity index (χ2n) is 10.2. The lowest BCUT2D eigenvalue weighted by Gasteiger charge is -2.22. The molecule has 1 N–H and O–H groups in total. The number of carbonyl (C=O) groups is 5. The number of Topliss-reactive ketones (excluding diaryl/α,β-unsaturated/α-hetero) is 1. The molecular weight excluding hydrogens is 572 g/mol. The van der Waals surface area contributed by atoms with Crippen LogP contribution in [-0.4, -0.2) is 53.6 Å². The van der Waals surface area contributed by atoms with Gasteiger partial charge < -0.3 is 19.7 Å². The minimum atomic E-state index is -0.903. The SMILES string of the molecule is O=C(CN(CC(=O)Oc1ccccc1)C(=O)CCC(=O)C(Cc1ccccc1)NC(=O)c1ccccc1)OCc1ccccc1. The number of hydrogen-bond acceptors (Lipinski definition) is 7. The highest BCUT2D eigenvalue weighted by Gasteiger charge is 2.26. The first-order chi connectivity index (χ1) is 21.9. The molecule has 0 fully saturated rings. The standard InChI is InChI=1S/C36H34N2O7/c39-32(31(23-27-13-5-1-6-14-27)37-36(43)29-17-9-3-10-18-29)21-22-33(40)38(25-35(42)45-30-19-11-4-12-20-30)24-34(41)44-26-28-15-7-2-8-16-28/h1-20,31H,21-26H2,(H,37,43). The lowest BCUT2D eigenvalue weighted by atomic mass is 9.98. The first kappa shape index (κ1) is 32.3. The highest BCUT2D eigenvalue weighted by atomic mass is 16.5. The third kappa shape index (κ3) is 10.9. The van der Waals surface area contributed by atoms with E-state index in [-0.39, 0.29) is 37.4 Å². The van der Waals surface area contributed by atoms with E-state index in [9.17, 15) is 24.0 Å². The Kier molecular flexibility index (Phi) is 12.2. The van der Waals surface area contributed by atoms with Gasteiger partial charge in [0.05, 0.1) is 6.04 Å². The van der Waals surface area contributed by atoms with Crippen LogP contribution in [0.3, 0.4) is 0 Å². The van der Waals surface area contributed by atoms with E-state index >= 15 is 0 Å². The van der Waals surface area contributed by atoms with Crippen LogP contribution < -0.4 is 10.1 Å². The molecule has 0 saturated heterocycles. The summed E-state index contributed by atoms with van der Waals surface area (Å²) in [7, 11) is 0.